The molecule has 1 rings (SSSR count). The fraction of sp³-hybridized carbons (Fsp3) is 0.667. The average Bonchev–Trinajstić information content (AvgIpc) is 2.74. The van der Waals surface area contributed by atoms with E-state index in [1.54, 1.807) is 13.0 Å². The Kier molecular flexibility index (Phi) is 6.64. The molecule has 0 amide bonds. The van der Waals surface area contributed by atoms with Crippen molar-refractivity contribution in [3.05, 3.63) is 23.2 Å². The summed E-state index contributed by atoms with van der Waals surface area (Å²) in [6.45, 7) is 6.84. The molecule has 1 unspecified atom stereocenters. The number of aryl methyl sites for hydroxylation is 1. The zero-order valence-corrected chi connectivity index (χ0v) is 12.2. The van der Waals surface area contributed by atoms with Crippen molar-refractivity contribution in [1.29, 1.82) is 0 Å². The lowest BCUT2D eigenvalue weighted by Crippen LogP contribution is -2.25. The smallest absolute Gasteiger partial charge is 0.371 e. The lowest BCUT2D eigenvalue weighted by atomic mass is 10.1. The molecule has 0 radical (unpaired) electrons. The molecule has 0 aliphatic carbocycles. The Morgan fingerprint density at radius 1 is 1.42 bits per heavy atom. The van der Waals surface area contributed by atoms with Crippen LogP contribution < -0.4 is 5.32 Å². The van der Waals surface area contributed by atoms with Crippen LogP contribution in [0.1, 0.15) is 67.8 Å². The molecular formula is C15H25NO3. The summed E-state index contributed by atoms with van der Waals surface area (Å²) in [6, 6.07) is 2.05. The molecule has 4 nitrogen and oxygen atoms in total. The van der Waals surface area contributed by atoms with Gasteiger partial charge in [0.1, 0.15) is 5.76 Å². The third-order valence-corrected chi connectivity index (χ3v) is 3.36. The van der Waals surface area contributed by atoms with Crippen molar-refractivity contribution >= 4 is 5.97 Å². The first-order valence-electron chi connectivity index (χ1n) is 7.10. The maximum Gasteiger partial charge on any atom is 0.371 e. The van der Waals surface area contributed by atoms with E-state index in [0.29, 0.717) is 18.3 Å². The molecule has 1 atom stereocenters. The standard InChI is InChI=1S/C15H25NO3/c1-4-5-6-7-8-11(2)16-10-13-9-14(15(17)18)19-12(13)3/h9,11,16H,4-8,10H2,1-3H3,(H,17,18). The minimum absolute atomic E-state index is 0.0184. The van der Waals surface area contributed by atoms with Crippen LogP contribution >= 0.6 is 0 Å². The van der Waals surface area contributed by atoms with Crippen LogP contribution in [0.25, 0.3) is 0 Å². The van der Waals surface area contributed by atoms with Gasteiger partial charge in [-0.3, -0.25) is 0 Å². The molecule has 0 fully saturated rings. The van der Waals surface area contributed by atoms with Gasteiger partial charge in [0, 0.05) is 18.2 Å². The number of aromatic carboxylic acids is 1. The third kappa shape index (κ3) is 5.47. The fourth-order valence-corrected chi connectivity index (χ4v) is 2.06. The lowest BCUT2D eigenvalue weighted by Gasteiger charge is -2.13. The van der Waals surface area contributed by atoms with Gasteiger partial charge in [0.25, 0.3) is 0 Å². The highest BCUT2D eigenvalue weighted by Crippen LogP contribution is 2.15. The topological polar surface area (TPSA) is 62.5 Å². The average molecular weight is 267 g/mol. The highest BCUT2D eigenvalue weighted by molar-refractivity contribution is 5.84. The molecule has 0 aliphatic heterocycles. The maximum absolute atomic E-state index is 10.8. The zero-order valence-electron chi connectivity index (χ0n) is 12.2. The van der Waals surface area contributed by atoms with Crippen molar-refractivity contribution in [1.82, 2.24) is 5.32 Å². The molecule has 108 valence electrons. The van der Waals surface area contributed by atoms with Gasteiger partial charge in [-0.2, -0.15) is 0 Å². The number of furan rings is 1. The quantitative estimate of drug-likeness (QED) is 0.669. The molecule has 0 spiro atoms. The molecule has 0 bridgehead atoms. The van der Waals surface area contributed by atoms with E-state index in [9.17, 15) is 4.79 Å². The van der Waals surface area contributed by atoms with E-state index in [1.165, 1.54) is 25.7 Å². The second kappa shape index (κ2) is 8.00. The van der Waals surface area contributed by atoms with Crippen LogP contribution in [0.2, 0.25) is 0 Å². The summed E-state index contributed by atoms with van der Waals surface area (Å²) in [5.74, 6) is -0.310. The molecule has 0 saturated carbocycles. The minimum atomic E-state index is -1.01. The van der Waals surface area contributed by atoms with E-state index in [-0.39, 0.29) is 5.76 Å². The van der Waals surface area contributed by atoms with E-state index in [1.807, 2.05) is 0 Å². The normalized spacial score (nSPS) is 12.6. The van der Waals surface area contributed by atoms with Gasteiger partial charge < -0.3 is 14.8 Å². The van der Waals surface area contributed by atoms with Gasteiger partial charge in [-0.15, -0.1) is 0 Å². The van der Waals surface area contributed by atoms with Crippen LogP contribution in [-0.2, 0) is 6.54 Å². The number of hydrogen-bond acceptors (Lipinski definition) is 3. The first-order chi connectivity index (χ1) is 9.04. The van der Waals surface area contributed by atoms with E-state index in [4.69, 9.17) is 9.52 Å². The molecular weight excluding hydrogens is 242 g/mol. The summed E-state index contributed by atoms with van der Waals surface area (Å²) in [5, 5.41) is 12.3. The van der Waals surface area contributed by atoms with Crippen LogP contribution in [0.3, 0.4) is 0 Å². The van der Waals surface area contributed by atoms with Gasteiger partial charge in [-0.1, -0.05) is 32.6 Å². The first-order valence-corrected chi connectivity index (χ1v) is 7.10. The van der Waals surface area contributed by atoms with Gasteiger partial charge in [0.05, 0.1) is 0 Å². The number of carboxylic acids is 1. The fourth-order valence-electron chi connectivity index (χ4n) is 2.06. The Balaban J connectivity index is 2.33. The molecule has 1 heterocycles. The Morgan fingerprint density at radius 2 is 2.16 bits per heavy atom. The molecule has 4 heteroatoms. The van der Waals surface area contributed by atoms with Crippen LogP contribution in [0.15, 0.2) is 10.5 Å². The van der Waals surface area contributed by atoms with Gasteiger partial charge >= 0.3 is 5.97 Å². The summed E-state index contributed by atoms with van der Waals surface area (Å²) in [5.41, 5.74) is 0.929. The molecule has 0 aromatic carbocycles. The summed E-state index contributed by atoms with van der Waals surface area (Å²) < 4.78 is 5.18. The Bertz CT molecular complexity index is 398. The predicted octanol–water partition coefficient (Wildman–Crippen LogP) is 3.73. The number of unbranched alkanes of at least 4 members (excludes halogenated alkanes) is 3. The molecule has 1 aromatic heterocycles. The Hall–Kier alpha value is -1.29. The van der Waals surface area contributed by atoms with Gasteiger partial charge in [0.2, 0.25) is 5.76 Å². The number of nitrogens with one attached hydrogen (secondary N) is 1. The van der Waals surface area contributed by atoms with Crippen molar-refractivity contribution in [2.45, 2.75) is 65.5 Å². The van der Waals surface area contributed by atoms with Gasteiger partial charge in [-0.05, 0) is 26.3 Å². The van der Waals surface area contributed by atoms with E-state index in [2.05, 4.69) is 19.2 Å². The highest BCUT2D eigenvalue weighted by atomic mass is 16.4. The molecule has 0 saturated heterocycles. The highest BCUT2D eigenvalue weighted by Gasteiger charge is 2.13. The summed E-state index contributed by atoms with van der Waals surface area (Å²) >= 11 is 0. The maximum atomic E-state index is 10.8. The Labute approximate surface area is 115 Å². The van der Waals surface area contributed by atoms with Crippen molar-refractivity contribution in [2.24, 2.45) is 0 Å². The van der Waals surface area contributed by atoms with Crippen LogP contribution in [0.5, 0.6) is 0 Å². The summed E-state index contributed by atoms with van der Waals surface area (Å²) in [4.78, 5) is 10.8. The molecule has 1 aromatic rings. The minimum Gasteiger partial charge on any atom is -0.475 e. The second-order valence-corrected chi connectivity index (χ2v) is 5.13. The molecule has 2 N–H and O–H groups in total. The SMILES string of the molecule is CCCCCCC(C)NCc1cc(C(=O)O)oc1C. The Morgan fingerprint density at radius 3 is 2.74 bits per heavy atom. The number of rotatable bonds is 9. The van der Waals surface area contributed by atoms with Crippen LogP contribution in [-0.4, -0.2) is 17.1 Å². The second-order valence-electron chi connectivity index (χ2n) is 5.13. The largest absolute Gasteiger partial charge is 0.475 e. The lowest BCUT2D eigenvalue weighted by molar-refractivity contribution is 0.0661. The molecule has 0 aliphatic rings. The van der Waals surface area contributed by atoms with Crippen LogP contribution in [0.4, 0.5) is 0 Å². The monoisotopic (exact) mass is 267 g/mol. The van der Waals surface area contributed by atoms with Crippen molar-refractivity contribution in [3.8, 4) is 0 Å². The predicted molar refractivity (Wildman–Crippen MR) is 75.5 cm³/mol. The summed E-state index contributed by atoms with van der Waals surface area (Å²) in [7, 11) is 0. The van der Waals surface area contributed by atoms with Gasteiger partial charge in [0.15, 0.2) is 0 Å². The first kappa shape index (κ1) is 15.8. The molecule has 19 heavy (non-hydrogen) atoms. The zero-order chi connectivity index (χ0) is 14.3. The number of carbonyl (C=O) groups is 1. The summed E-state index contributed by atoms with van der Waals surface area (Å²) in [6.07, 6.45) is 6.25. The van der Waals surface area contributed by atoms with E-state index >= 15 is 0 Å². The van der Waals surface area contributed by atoms with Gasteiger partial charge in [-0.25, -0.2) is 4.79 Å². The van der Waals surface area contributed by atoms with E-state index in [0.717, 1.165) is 12.0 Å². The van der Waals surface area contributed by atoms with Crippen LogP contribution in [0, 0.1) is 6.92 Å². The van der Waals surface area contributed by atoms with Crippen molar-refractivity contribution < 1.29 is 14.3 Å². The van der Waals surface area contributed by atoms with E-state index < -0.39 is 5.97 Å². The number of hydrogen-bond donors (Lipinski definition) is 2. The number of carboxylic acid groups (broad SMARTS) is 1. The third-order valence-electron chi connectivity index (χ3n) is 3.36. The van der Waals surface area contributed by atoms with Crippen molar-refractivity contribution in [2.75, 3.05) is 0 Å². The van der Waals surface area contributed by atoms with Crippen molar-refractivity contribution in [3.63, 3.8) is 0 Å².